The van der Waals surface area contributed by atoms with Crippen LogP contribution in [0.25, 0.3) is 0 Å². The minimum atomic E-state index is -1.80. The largest absolute Gasteiger partial charge is 0.463 e. The van der Waals surface area contributed by atoms with E-state index in [1.165, 1.54) is 0 Å². The average Bonchev–Trinajstić information content (AvgIpc) is 2.91. The highest BCUT2D eigenvalue weighted by molar-refractivity contribution is 5.74. The summed E-state index contributed by atoms with van der Waals surface area (Å²) in [5, 5.41) is 2.48. The smallest absolute Gasteiger partial charge is 0.305 e. The molecule has 0 aromatic rings. The first-order valence-electron chi connectivity index (χ1n) is 14.3. The minimum Gasteiger partial charge on any atom is -0.463 e. The van der Waals surface area contributed by atoms with Crippen LogP contribution in [0.5, 0.6) is 0 Å². The van der Waals surface area contributed by atoms with Gasteiger partial charge in [0.15, 0.2) is 30.7 Å². The normalized spacial score (nSPS) is 30.0. The van der Waals surface area contributed by atoms with E-state index < -0.39 is 122 Å². The molecular formula is C28H39NO18. The van der Waals surface area contributed by atoms with E-state index in [4.69, 9.17) is 47.4 Å². The standard InChI is InChI=1S/C28H39NO18/c1-11(30)29-21-24(41-15(5)34)22(19(9-38-12(2)31)45-27(21)44-18(8)37)47-28-26(43-17(7)36)25(42-16(6)35)23(40-14(4)33)20(46-28)10-39-13(3)32/h19-28H,9-10H2,1-8H3,(H,29,30)/t19?,20?,21?,22-,23+,24-,25+,26?,27?,28+/m1/s1. The molecule has 0 aliphatic carbocycles. The molecule has 19 nitrogen and oxygen atoms in total. The molecule has 5 unspecified atom stereocenters. The van der Waals surface area contributed by atoms with E-state index in [0.717, 1.165) is 55.4 Å². The fourth-order valence-electron chi connectivity index (χ4n) is 4.84. The lowest BCUT2D eigenvalue weighted by Gasteiger charge is -2.48. The summed E-state index contributed by atoms with van der Waals surface area (Å²) in [6.45, 7) is 7.30. The van der Waals surface area contributed by atoms with Gasteiger partial charge in [-0.15, -0.1) is 0 Å². The zero-order chi connectivity index (χ0) is 35.6. The van der Waals surface area contributed by atoms with Gasteiger partial charge < -0.3 is 52.7 Å². The average molecular weight is 678 g/mol. The van der Waals surface area contributed by atoms with E-state index in [9.17, 15) is 38.4 Å². The number of nitrogens with one attached hydrogen (secondary N) is 1. The molecule has 1 N–H and O–H groups in total. The third kappa shape index (κ3) is 12.1. The molecule has 0 saturated carbocycles. The molecule has 2 aliphatic heterocycles. The van der Waals surface area contributed by atoms with Gasteiger partial charge in [-0.05, 0) is 0 Å². The number of carbonyl (C=O) groups is 8. The number of hydrogen-bond acceptors (Lipinski definition) is 18. The summed E-state index contributed by atoms with van der Waals surface area (Å²) in [7, 11) is 0. The first kappa shape index (κ1) is 38.8. The maximum atomic E-state index is 12.3. The molecule has 1 amide bonds. The molecule has 47 heavy (non-hydrogen) atoms. The molecule has 0 aromatic heterocycles. The van der Waals surface area contributed by atoms with Crippen LogP contribution < -0.4 is 5.32 Å². The number of carbonyl (C=O) groups excluding carboxylic acids is 8. The Balaban J connectivity index is 2.73. The van der Waals surface area contributed by atoms with Gasteiger partial charge in [-0.2, -0.15) is 0 Å². The van der Waals surface area contributed by atoms with Gasteiger partial charge in [-0.25, -0.2) is 0 Å². The highest BCUT2D eigenvalue weighted by atomic mass is 16.8. The van der Waals surface area contributed by atoms with Crippen LogP contribution in [0.3, 0.4) is 0 Å². The summed E-state index contributed by atoms with van der Waals surface area (Å²) in [4.78, 5) is 96.5. The predicted molar refractivity (Wildman–Crippen MR) is 147 cm³/mol. The number of hydrogen-bond donors (Lipinski definition) is 1. The molecule has 10 atom stereocenters. The van der Waals surface area contributed by atoms with Gasteiger partial charge in [0.2, 0.25) is 12.2 Å². The maximum absolute atomic E-state index is 12.3. The second kappa shape index (κ2) is 17.5. The number of esters is 7. The molecule has 0 bridgehead atoms. The van der Waals surface area contributed by atoms with Crippen LogP contribution in [0.1, 0.15) is 55.4 Å². The van der Waals surface area contributed by atoms with E-state index in [1.54, 1.807) is 0 Å². The van der Waals surface area contributed by atoms with Crippen LogP contribution in [-0.2, 0) is 85.7 Å². The summed E-state index contributed by atoms with van der Waals surface area (Å²) in [6, 6.07) is -1.43. The Morgan fingerprint density at radius 1 is 0.468 bits per heavy atom. The van der Waals surface area contributed by atoms with Crippen molar-refractivity contribution in [3.63, 3.8) is 0 Å². The molecule has 2 fully saturated rings. The van der Waals surface area contributed by atoms with Gasteiger partial charge >= 0.3 is 41.8 Å². The lowest BCUT2D eigenvalue weighted by Crippen LogP contribution is -2.69. The first-order valence-corrected chi connectivity index (χ1v) is 14.3. The number of ether oxygens (including phenoxy) is 10. The van der Waals surface area contributed by atoms with Crippen LogP contribution >= 0.6 is 0 Å². The number of amides is 1. The fourth-order valence-corrected chi connectivity index (χ4v) is 4.84. The van der Waals surface area contributed by atoms with Crippen LogP contribution in [-0.4, -0.2) is 122 Å². The third-order valence-corrected chi connectivity index (χ3v) is 6.29. The highest BCUT2D eigenvalue weighted by Crippen LogP contribution is 2.34. The second-order valence-electron chi connectivity index (χ2n) is 10.4. The van der Waals surface area contributed by atoms with Gasteiger partial charge in [-0.3, -0.25) is 38.4 Å². The quantitative estimate of drug-likeness (QED) is 0.187. The monoisotopic (exact) mass is 677 g/mol. The summed E-state index contributed by atoms with van der Waals surface area (Å²) in [6.07, 6.45) is -14.2. The van der Waals surface area contributed by atoms with Gasteiger partial charge in [0.1, 0.15) is 37.6 Å². The molecule has 0 aromatic carbocycles. The van der Waals surface area contributed by atoms with E-state index in [2.05, 4.69) is 5.32 Å². The molecule has 0 spiro atoms. The van der Waals surface area contributed by atoms with Crippen molar-refractivity contribution < 1.29 is 85.7 Å². The summed E-state index contributed by atoms with van der Waals surface area (Å²) < 4.78 is 55.2. The summed E-state index contributed by atoms with van der Waals surface area (Å²) >= 11 is 0. The summed E-state index contributed by atoms with van der Waals surface area (Å²) in [5.74, 6) is -6.64. The van der Waals surface area contributed by atoms with E-state index >= 15 is 0 Å². The minimum absolute atomic E-state index is 0.577. The van der Waals surface area contributed by atoms with Crippen LogP contribution in [0.4, 0.5) is 0 Å². The van der Waals surface area contributed by atoms with Gasteiger partial charge in [0, 0.05) is 55.4 Å². The zero-order valence-corrected chi connectivity index (χ0v) is 27.0. The van der Waals surface area contributed by atoms with Crippen molar-refractivity contribution in [2.75, 3.05) is 13.2 Å². The summed E-state index contributed by atoms with van der Waals surface area (Å²) in [5.41, 5.74) is 0. The van der Waals surface area contributed by atoms with Crippen molar-refractivity contribution >= 4 is 47.7 Å². The maximum Gasteiger partial charge on any atom is 0.305 e. The Morgan fingerprint density at radius 3 is 1.32 bits per heavy atom. The van der Waals surface area contributed by atoms with Crippen molar-refractivity contribution in [2.45, 2.75) is 117 Å². The lowest BCUT2D eigenvalue weighted by molar-refractivity contribution is -0.348. The first-order chi connectivity index (χ1) is 21.9. The molecule has 264 valence electrons. The molecule has 2 rings (SSSR count). The van der Waals surface area contributed by atoms with Crippen molar-refractivity contribution in [1.29, 1.82) is 0 Å². The highest BCUT2D eigenvalue weighted by Gasteiger charge is 2.57. The Labute approximate surface area is 269 Å². The number of rotatable bonds is 12. The molecule has 19 heteroatoms. The Bertz CT molecular complexity index is 1200. The Hall–Kier alpha value is -4.36. The topological polar surface area (TPSA) is 241 Å². The molecule has 2 aliphatic rings. The molecule has 2 saturated heterocycles. The second-order valence-corrected chi connectivity index (χ2v) is 10.4. The van der Waals surface area contributed by atoms with Crippen LogP contribution in [0, 0.1) is 0 Å². The third-order valence-electron chi connectivity index (χ3n) is 6.29. The van der Waals surface area contributed by atoms with E-state index in [1.807, 2.05) is 0 Å². The van der Waals surface area contributed by atoms with Crippen molar-refractivity contribution in [1.82, 2.24) is 5.32 Å². The van der Waals surface area contributed by atoms with Crippen molar-refractivity contribution in [2.24, 2.45) is 0 Å². The SMILES string of the molecule is CC(=O)NC1C(OC(C)=O)OC(COC(C)=O)[C@@H](O[C@@H]2OC(COC(C)=O)[C@H](OC(C)=O)[C@H](OC(C)=O)C2OC(C)=O)[C@@H]1OC(C)=O. The predicted octanol–water partition coefficient (Wildman–Crippen LogP) is -1.26. The van der Waals surface area contributed by atoms with Crippen LogP contribution in [0.2, 0.25) is 0 Å². The van der Waals surface area contributed by atoms with Crippen molar-refractivity contribution in [3.05, 3.63) is 0 Å². The molecular weight excluding hydrogens is 638 g/mol. The van der Waals surface area contributed by atoms with Crippen molar-refractivity contribution in [3.8, 4) is 0 Å². The lowest BCUT2D eigenvalue weighted by atomic mass is 9.94. The van der Waals surface area contributed by atoms with E-state index in [-0.39, 0.29) is 0 Å². The Kier molecular flexibility index (Phi) is 14.5. The van der Waals surface area contributed by atoms with Gasteiger partial charge in [-0.1, -0.05) is 0 Å². The Morgan fingerprint density at radius 2 is 0.872 bits per heavy atom. The van der Waals surface area contributed by atoms with E-state index in [0.29, 0.717) is 0 Å². The molecule has 2 heterocycles. The fraction of sp³-hybridized carbons (Fsp3) is 0.714. The zero-order valence-electron chi connectivity index (χ0n) is 27.0. The van der Waals surface area contributed by atoms with Crippen LogP contribution in [0.15, 0.2) is 0 Å². The van der Waals surface area contributed by atoms with Gasteiger partial charge in [0.05, 0.1) is 0 Å². The van der Waals surface area contributed by atoms with Gasteiger partial charge in [0.25, 0.3) is 0 Å². The molecule has 0 radical (unpaired) electrons.